The number of likely N-dealkylation sites (tertiary alicyclic amines) is 1. The molecule has 2 heterocycles. The van der Waals surface area contributed by atoms with Crippen LogP contribution < -0.4 is 4.90 Å². The Kier molecular flexibility index (Phi) is 4.55. The molecule has 1 aliphatic carbocycles. The Hall–Kier alpha value is -2.17. The molecule has 1 aromatic carbocycles. The lowest BCUT2D eigenvalue weighted by Crippen LogP contribution is -2.39. The monoisotopic (exact) mass is 354 g/mol. The highest BCUT2D eigenvalue weighted by Gasteiger charge is 2.47. The molecule has 5 nitrogen and oxygen atoms in total. The summed E-state index contributed by atoms with van der Waals surface area (Å²) in [5.74, 6) is -0.366. The van der Waals surface area contributed by atoms with E-state index in [1.807, 2.05) is 24.0 Å². The lowest BCUT2D eigenvalue weighted by Gasteiger charge is -2.31. The summed E-state index contributed by atoms with van der Waals surface area (Å²) in [6, 6.07) is 6.15. The molecule has 0 radical (unpaired) electrons. The fraction of sp³-hybridized carbons (Fsp3) is 0.571. The van der Waals surface area contributed by atoms with Crippen LogP contribution in [0.2, 0.25) is 0 Å². The van der Waals surface area contributed by atoms with E-state index in [1.54, 1.807) is 0 Å². The Labute approximate surface area is 154 Å². The first kappa shape index (κ1) is 17.3. The highest BCUT2D eigenvalue weighted by Crippen LogP contribution is 2.38. The molecule has 4 rings (SSSR count). The van der Waals surface area contributed by atoms with Crippen molar-refractivity contribution in [3.05, 3.63) is 29.3 Å². The van der Waals surface area contributed by atoms with Crippen LogP contribution in [0, 0.1) is 18.8 Å². The van der Waals surface area contributed by atoms with Gasteiger partial charge in [0, 0.05) is 25.2 Å². The van der Waals surface area contributed by atoms with Gasteiger partial charge in [-0.1, -0.05) is 31.0 Å². The zero-order chi connectivity index (χ0) is 18.3. The van der Waals surface area contributed by atoms with Crippen molar-refractivity contribution >= 4 is 23.4 Å². The van der Waals surface area contributed by atoms with Gasteiger partial charge in [-0.25, -0.2) is 0 Å². The van der Waals surface area contributed by atoms with Crippen LogP contribution in [0.15, 0.2) is 18.2 Å². The summed E-state index contributed by atoms with van der Waals surface area (Å²) in [4.78, 5) is 41.2. The van der Waals surface area contributed by atoms with Crippen molar-refractivity contribution in [2.45, 2.75) is 51.9 Å². The Balaban J connectivity index is 1.45. The first-order valence-electron chi connectivity index (χ1n) is 9.82. The van der Waals surface area contributed by atoms with Crippen LogP contribution in [0.3, 0.4) is 0 Å². The summed E-state index contributed by atoms with van der Waals surface area (Å²) in [6.07, 6.45) is 5.84. The molecule has 0 spiro atoms. The van der Waals surface area contributed by atoms with Crippen molar-refractivity contribution in [3.8, 4) is 0 Å². The van der Waals surface area contributed by atoms with Gasteiger partial charge in [0.25, 0.3) is 0 Å². The smallest absolute Gasteiger partial charge is 0.233 e. The SMILES string of the molecule is Cc1cccc2c1N(C(=O)CCN1C(=O)C3CCCCC3C1=O)CCC2. The van der Waals surface area contributed by atoms with Crippen LogP contribution in [0.1, 0.15) is 49.7 Å². The molecule has 5 heteroatoms. The number of imide groups is 1. The number of nitrogens with zero attached hydrogens (tertiary/aromatic N) is 2. The van der Waals surface area contributed by atoms with Gasteiger partial charge in [0.15, 0.2) is 0 Å². The predicted octanol–water partition coefficient (Wildman–Crippen LogP) is 2.84. The summed E-state index contributed by atoms with van der Waals surface area (Å²) in [6.45, 7) is 2.97. The molecular weight excluding hydrogens is 328 g/mol. The Morgan fingerprint density at radius 3 is 2.46 bits per heavy atom. The molecular formula is C21H26N2O3. The molecule has 1 saturated carbocycles. The maximum absolute atomic E-state index is 12.9. The topological polar surface area (TPSA) is 57.7 Å². The van der Waals surface area contributed by atoms with E-state index in [4.69, 9.17) is 0 Å². The number of para-hydroxylation sites is 1. The van der Waals surface area contributed by atoms with E-state index >= 15 is 0 Å². The molecule has 2 fully saturated rings. The van der Waals surface area contributed by atoms with Gasteiger partial charge in [0.1, 0.15) is 0 Å². The zero-order valence-corrected chi connectivity index (χ0v) is 15.4. The first-order chi connectivity index (χ1) is 12.6. The second-order valence-electron chi connectivity index (χ2n) is 7.81. The highest BCUT2D eigenvalue weighted by atomic mass is 16.2. The van der Waals surface area contributed by atoms with E-state index in [0.717, 1.165) is 49.8 Å². The predicted molar refractivity (Wildman–Crippen MR) is 98.6 cm³/mol. The number of carbonyl (C=O) groups excluding carboxylic acids is 3. The third-order valence-electron chi connectivity index (χ3n) is 6.20. The molecule has 1 aromatic rings. The molecule has 2 unspecified atom stereocenters. The third-order valence-corrected chi connectivity index (χ3v) is 6.20. The average molecular weight is 354 g/mol. The minimum absolute atomic E-state index is 0.00993. The molecule has 0 N–H and O–H groups in total. The second-order valence-corrected chi connectivity index (χ2v) is 7.81. The van der Waals surface area contributed by atoms with Crippen molar-refractivity contribution < 1.29 is 14.4 Å². The number of aryl methyl sites for hydroxylation is 2. The first-order valence-corrected chi connectivity index (χ1v) is 9.82. The average Bonchev–Trinajstić information content (AvgIpc) is 2.90. The van der Waals surface area contributed by atoms with Gasteiger partial charge in [-0.05, 0) is 43.7 Å². The van der Waals surface area contributed by atoms with Crippen molar-refractivity contribution in [1.29, 1.82) is 0 Å². The third kappa shape index (κ3) is 2.83. The number of carbonyl (C=O) groups is 3. The fourth-order valence-corrected chi connectivity index (χ4v) is 4.89. The van der Waals surface area contributed by atoms with Crippen LogP contribution in [-0.2, 0) is 20.8 Å². The van der Waals surface area contributed by atoms with Gasteiger partial charge in [0.05, 0.1) is 11.8 Å². The van der Waals surface area contributed by atoms with Crippen LogP contribution in [-0.4, -0.2) is 35.7 Å². The van der Waals surface area contributed by atoms with E-state index in [0.29, 0.717) is 6.54 Å². The lowest BCUT2D eigenvalue weighted by molar-refractivity contribution is -0.140. The van der Waals surface area contributed by atoms with Crippen LogP contribution in [0.25, 0.3) is 0 Å². The standard InChI is InChI=1S/C21H26N2O3/c1-14-6-4-7-15-8-5-12-22(19(14)15)18(24)11-13-23-20(25)16-9-2-3-10-17(16)21(23)26/h4,6-7,16-17H,2-3,5,8-13H2,1H3. The quantitative estimate of drug-likeness (QED) is 0.784. The van der Waals surface area contributed by atoms with Gasteiger partial charge < -0.3 is 4.90 Å². The van der Waals surface area contributed by atoms with Gasteiger partial charge in [-0.15, -0.1) is 0 Å². The normalized spacial score (nSPS) is 25.3. The van der Waals surface area contributed by atoms with E-state index in [-0.39, 0.29) is 42.5 Å². The molecule has 3 aliphatic rings. The van der Waals surface area contributed by atoms with Crippen molar-refractivity contribution in [1.82, 2.24) is 4.90 Å². The largest absolute Gasteiger partial charge is 0.312 e. The Morgan fingerprint density at radius 2 is 1.77 bits per heavy atom. The van der Waals surface area contributed by atoms with E-state index in [2.05, 4.69) is 6.07 Å². The molecule has 0 bridgehead atoms. The summed E-state index contributed by atoms with van der Waals surface area (Å²) in [5.41, 5.74) is 3.34. The van der Waals surface area contributed by atoms with Crippen molar-refractivity contribution in [2.75, 3.05) is 18.0 Å². The van der Waals surface area contributed by atoms with Gasteiger partial charge in [-0.3, -0.25) is 19.3 Å². The number of hydrogen-bond acceptors (Lipinski definition) is 3. The van der Waals surface area contributed by atoms with E-state index in [9.17, 15) is 14.4 Å². The molecule has 138 valence electrons. The maximum atomic E-state index is 12.9. The molecule has 2 atom stereocenters. The van der Waals surface area contributed by atoms with Crippen LogP contribution in [0.5, 0.6) is 0 Å². The number of anilines is 1. The van der Waals surface area contributed by atoms with Crippen LogP contribution in [0.4, 0.5) is 5.69 Å². The Morgan fingerprint density at radius 1 is 1.08 bits per heavy atom. The molecule has 2 aliphatic heterocycles. The van der Waals surface area contributed by atoms with Crippen molar-refractivity contribution in [3.63, 3.8) is 0 Å². The lowest BCUT2D eigenvalue weighted by atomic mass is 9.81. The van der Waals surface area contributed by atoms with Gasteiger partial charge in [0.2, 0.25) is 17.7 Å². The van der Waals surface area contributed by atoms with Crippen molar-refractivity contribution in [2.24, 2.45) is 11.8 Å². The van der Waals surface area contributed by atoms with E-state index < -0.39 is 0 Å². The van der Waals surface area contributed by atoms with Gasteiger partial charge >= 0.3 is 0 Å². The fourth-order valence-electron chi connectivity index (χ4n) is 4.89. The minimum atomic E-state index is -0.135. The number of amides is 3. The summed E-state index contributed by atoms with van der Waals surface area (Å²) < 4.78 is 0. The molecule has 0 aromatic heterocycles. The van der Waals surface area contributed by atoms with E-state index in [1.165, 1.54) is 10.5 Å². The maximum Gasteiger partial charge on any atom is 0.233 e. The molecule has 3 amide bonds. The Bertz CT molecular complexity index is 734. The molecule has 26 heavy (non-hydrogen) atoms. The zero-order valence-electron chi connectivity index (χ0n) is 15.4. The number of rotatable bonds is 3. The summed E-state index contributed by atoms with van der Waals surface area (Å²) in [5, 5.41) is 0. The number of hydrogen-bond donors (Lipinski definition) is 0. The number of fused-ring (bicyclic) bond motifs is 2. The summed E-state index contributed by atoms with van der Waals surface area (Å²) in [7, 11) is 0. The summed E-state index contributed by atoms with van der Waals surface area (Å²) >= 11 is 0. The minimum Gasteiger partial charge on any atom is -0.312 e. The van der Waals surface area contributed by atoms with Crippen LogP contribution >= 0.6 is 0 Å². The molecule has 1 saturated heterocycles. The number of benzene rings is 1. The second kappa shape index (κ2) is 6.86. The highest BCUT2D eigenvalue weighted by molar-refractivity contribution is 6.05. The van der Waals surface area contributed by atoms with Gasteiger partial charge in [-0.2, -0.15) is 0 Å².